The zero-order valence-corrected chi connectivity index (χ0v) is 14.0. The number of piperidine rings is 1. The Balaban J connectivity index is 1.28. The second-order valence-electron chi connectivity index (χ2n) is 6.53. The lowest BCUT2D eigenvalue weighted by atomic mass is 9.96. The predicted octanol–water partition coefficient (Wildman–Crippen LogP) is 2.56. The number of nitrogens with zero attached hydrogens (tertiary/aromatic N) is 3. The predicted molar refractivity (Wildman–Crippen MR) is 91.0 cm³/mol. The molecule has 0 spiro atoms. The average molecular weight is 330 g/mol. The van der Waals surface area contributed by atoms with E-state index in [4.69, 9.17) is 0 Å². The molecule has 1 aliphatic heterocycles. The quantitative estimate of drug-likeness (QED) is 0.917. The Labute approximate surface area is 140 Å². The zero-order chi connectivity index (χ0) is 15.6. The molecule has 23 heavy (non-hydrogen) atoms. The summed E-state index contributed by atoms with van der Waals surface area (Å²) in [4.78, 5) is 15.7. The fraction of sp³-hybridized carbons (Fsp3) is 0.529. The van der Waals surface area contributed by atoms with Crippen LogP contribution in [0.4, 0.5) is 0 Å². The Morgan fingerprint density at radius 1 is 1.26 bits per heavy atom. The van der Waals surface area contributed by atoms with Crippen LogP contribution in [0.2, 0.25) is 0 Å². The van der Waals surface area contributed by atoms with Crippen molar-refractivity contribution >= 4 is 17.2 Å². The first-order valence-corrected chi connectivity index (χ1v) is 9.26. The van der Waals surface area contributed by atoms with E-state index in [1.54, 1.807) is 11.3 Å². The van der Waals surface area contributed by atoms with Gasteiger partial charge in [0.05, 0.1) is 11.5 Å². The minimum atomic E-state index is 0.200. The first-order valence-electron chi connectivity index (χ1n) is 8.38. The fourth-order valence-electron chi connectivity index (χ4n) is 3.08. The highest BCUT2D eigenvalue weighted by atomic mass is 32.1. The summed E-state index contributed by atoms with van der Waals surface area (Å²) in [6.45, 7) is 2.75. The van der Waals surface area contributed by atoms with Crippen molar-refractivity contribution in [2.75, 3.05) is 13.1 Å². The molecule has 1 saturated carbocycles. The van der Waals surface area contributed by atoms with Gasteiger partial charge in [0.25, 0.3) is 0 Å². The van der Waals surface area contributed by atoms with Crippen LogP contribution in [0.25, 0.3) is 10.6 Å². The third-order valence-corrected chi connectivity index (χ3v) is 5.53. The van der Waals surface area contributed by atoms with Gasteiger partial charge >= 0.3 is 0 Å². The minimum Gasteiger partial charge on any atom is -0.353 e. The molecule has 2 aromatic heterocycles. The highest BCUT2D eigenvalue weighted by Gasteiger charge is 2.29. The van der Waals surface area contributed by atoms with Gasteiger partial charge in [-0.15, -0.1) is 11.3 Å². The van der Waals surface area contributed by atoms with Gasteiger partial charge in [-0.3, -0.25) is 14.4 Å². The summed E-state index contributed by atoms with van der Waals surface area (Å²) in [6, 6.07) is 6.69. The molecule has 5 nitrogen and oxygen atoms in total. The molecule has 1 amide bonds. The van der Waals surface area contributed by atoms with Gasteiger partial charge in [0.2, 0.25) is 5.91 Å². The van der Waals surface area contributed by atoms with Crippen LogP contribution in [-0.2, 0) is 11.5 Å². The van der Waals surface area contributed by atoms with Gasteiger partial charge in [-0.05, 0) is 43.2 Å². The molecule has 2 aliphatic rings. The van der Waals surface area contributed by atoms with Crippen LogP contribution in [0.5, 0.6) is 0 Å². The molecular formula is C17H22N4OS. The summed E-state index contributed by atoms with van der Waals surface area (Å²) in [5.41, 5.74) is 1.04. The monoisotopic (exact) mass is 330 g/mol. The summed E-state index contributed by atoms with van der Waals surface area (Å²) >= 11 is 1.71. The standard InChI is InChI=1S/C17H22N4OS/c22-17(18-14-3-4-14)13-5-8-20(9-6-13)12-21-10-7-15(19-21)16-2-1-11-23-16/h1-2,7,10-11,13-14H,3-6,8-9,12H2,(H,18,22). The zero-order valence-electron chi connectivity index (χ0n) is 13.1. The number of rotatable bonds is 5. The number of carbonyl (C=O) groups excluding carboxylic acids is 1. The number of thiophene rings is 1. The average Bonchev–Trinajstić information content (AvgIpc) is 3.04. The van der Waals surface area contributed by atoms with Gasteiger partial charge in [0, 0.05) is 31.2 Å². The smallest absolute Gasteiger partial charge is 0.223 e. The number of carbonyl (C=O) groups is 1. The highest BCUT2D eigenvalue weighted by molar-refractivity contribution is 7.13. The first kappa shape index (κ1) is 14.9. The molecule has 0 atom stereocenters. The van der Waals surface area contributed by atoms with Gasteiger partial charge in [0.1, 0.15) is 5.69 Å². The molecule has 0 aromatic carbocycles. The molecule has 2 aromatic rings. The van der Waals surface area contributed by atoms with E-state index >= 15 is 0 Å². The molecular weight excluding hydrogens is 308 g/mol. The van der Waals surface area contributed by atoms with E-state index in [1.807, 2.05) is 10.9 Å². The Morgan fingerprint density at radius 3 is 2.78 bits per heavy atom. The normalized spacial score (nSPS) is 19.8. The van der Waals surface area contributed by atoms with Gasteiger partial charge in [-0.1, -0.05) is 6.07 Å². The van der Waals surface area contributed by atoms with E-state index in [0.29, 0.717) is 6.04 Å². The third kappa shape index (κ3) is 3.64. The second-order valence-corrected chi connectivity index (χ2v) is 7.48. The van der Waals surface area contributed by atoms with Crippen LogP contribution in [-0.4, -0.2) is 39.7 Å². The topological polar surface area (TPSA) is 50.2 Å². The summed E-state index contributed by atoms with van der Waals surface area (Å²) in [5.74, 6) is 0.470. The first-order chi connectivity index (χ1) is 11.3. The summed E-state index contributed by atoms with van der Waals surface area (Å²) in [5, 5.41) is 9.86. The Hall–Kier alpha value is -1.66. The Kier molecular flexibility index (Phi) is 4.18. The van der Waals surface area contributed by atoms with Crippen LogP contribution in [0.15, 0.2) is 29.8 Å². The molecule has 0 bridgehead atoms. The van der Waals surface area contributed by atoms with Gasteiger partial charge in [-0.2, -0.15) is 5.10 Å². The van der Waals surface area contributed by atoms with Crippen LogP contribution in [0, 0.1) is 5.92 Å². The molecule has 3 heterocycles. The molecule has 2 fully saturated rings. The third-order valence-electron chi connectivity index (χ3n) is 4.64. The maximum Gasteiger partial charge on any atom is 0.223 e. The lowest BCUT2D eigenvalue weighted by Crippen LogP contribution is -2.41. The van der Waals surface area contributed by atoms with Crippen molar-refractivity contribution in [3.63, 3.8) is 0 Å². The lowest BCUT2D eigenvalue weighted by molar-refractivity contribution is -0.126. The number of aromatic nitrogens is 2. The van der Waals surface area contributed by atoms with Crippen molar-refractivity contribution in [2.45, 2.75) is 38.4 Å². The number of hydrogen-bond donors (Lipinski definition) is 1. The van der Waals surface area contributed by atoms with Gasteiger partial charge in [-0.25, -0.2) is 0 Å². The summed E-state index contributed by atoms with van der Waals surface area (Å²) in [6.07, 6.45) is 6.28. The Morgan fingerprint density at radius 2 is 2.09 bits per heavy atom. The number of amides is 1. The van der Waals surface area contributed by atoms with Gasteiger partial charge < -0.3 is 5.32 Å². The molecule has 1 N–H and O–H groups in total. The van der Waals surface area contributed by atoms with Crippen LogP contribution in [0.3, 0.4) is 0 Å². The van der Waals surface area contributed by atoms with E-state index < -0.39 is 0 Å². The van der Waals surface area contributed by atoms with Crippen molar-refractivity contribution in [3.05, 3.63) is 29.8 Å². The molecule has 0 unspecified atom stereocenters. The summed E-state index contributed by atoms with van der Waals surface area (Å²) in [7, 11) is 0. The largest absolute Gasteiger partial charge is 0.353 e. The molecule has 122 valence electrons. The highest BCUT2D eigenvalue weighted by Crippen LogP contribution is 2.24. The summed E-state index contributed by atoms with van der Waals surface area (Å²) < 4.78 is 2.00. The van der Waals surface area contributed by atoms with Crippen LogP contribution < -0.4 is 5.32 Å². The lowest BCUT2D eigenvalue weighted by Gasteiger charge is -2.31. The van der Waals surface area contributed by atoms with E-state index in [1.165, 1.54) is 4.88 Å². The van der Waals surface area contributed by atoms with Crippen molar-refractivity contribution in [1.29, 1.82) is 0 Å². The fourth-order valence-corrected chi connectivity index (χ4v) is 3.77. The molecule has 1 saturated heterocycles. The van der Waals surface area contributed by atoms with E-state index in [9.17, 15) is 4.79 Å². The van der Waals surface area contributed by atoms with Crippen molar-refractivity contribution < 1.29 is 4.79 Å². The number of hydrogen-bond acceptors (Lipinski definition) is 4. The van der Waals surface area contributed by atoms with Crippen molar-refractivity contribution in [1.82, 2.24) is 20.0 Å². The van der Waals surface area contributed by atoms with Gasteiger partial charge in [0.15, 0.2) is 0 Å². The minimum absolute atomic E-state index is 0.200. The second kappa shape index (κ2) is 6.45. The molecule has 6 heteroatoms. The molecule has 1 aliphatic carbocycles. The number of likely N-dealkylation sites (tertiary alicyclic amines) is 1. The van der Waals surface area contributed by atoms with E-state index in [-0.39, 0.29) is 11.8 Å². The van der Waals surface area contributed by atoms with E-state index in [0.717, 1.165) is 51.1 Å². The Bertz CT molecular complexity index is 654. The van der Waals surface area contributed by atoms with Crippen molar-refractivity contribution in [2.24, 2.45) is 5.92 Å². The van der Waals surface area contributed by atoms with Crippen molar-refractivity contribution in [3.8, 4) is 10.6 Å². The maximum atomic E-state index is 12.1. The SMILES string of the molecule is O=C(NC1CC1)C1CCN(Cn2ccc(-c3cccs3)n2)CC1. The molecule has 4 rings (SSSR count). The maximum absolute atomic E-state index is 12.1. The van der Waals surface area contributed by atoms with Crippen LogP contribution in [0.1, 0.15) is 25.7 Å². The van der Waals surface area contributed by atoms with Crippen LogP contribution >= 0.6 is 11.3 Å². The number of nitrogens with one attached hydrogen (secondary N) is 1. The molecule has 0 radical (unpaired) electrons. The van der Waals surface area contributed by atoms with E-state index in [2.05, 4.69) is 38.9 Å².